The lowest BCUT2D eigenvalue weighted by Gasteiger charge is -2.31. The highest BCUT2D eigenvalue weighted by molar-refractivity contribution is 6.31. The molecule has 1 heterocycles. The first kappa shape index (κ1) is 21.3. The van der Waals surface area contributed by atoms with E-state index in [0.29, 0.717) is 33.1 Å². The van der Waals surface area contributed by atoms with Crippen LogP contribution in [0.4, 0.5) is 0 Å². The molecule has 1 aliphatic heterocycles. The highest BCUT2D eigenvalue weighted by Gasteiger charge is 2.37. The first-order valence-corrected chi connectivity index (χ1v) is 9.41. The molecular formula is C20H22Cl2N2O3. The largest absolute Gasteiger partial charge is 0.460 e. The van der Waals surface area contributed by atoms with Crippen molar-refractivity contribution >= 4 is 29.2 Å². The fraction of sp³-hybridized carbons (Fsp3) is 0.400. The summed E-state index contributed by atoms with van der Waals surface area (Å²) in [5, 5.41) is 13.4. The number of nitrogens with zero attached hydrogens (tertiary/aromatic N) is 1. The van der Waals surface area contributed by atoms with Crippen molar-refractivity contribution in [3.63, 3.8) is 0 Å². The minimum Gasteiger partial charge on any atom is -0.460 e. The van der Waals surface area contributed by atoms with Gasteiger partial charge in [-0.05, 0) is 38.0 Å². The molecule has 1 aromatic carbocycles. The molecule has 1 atom stereocenters. The van der Waals surface area contributed by atoms with Gasteiger partial charge in [0.1, 0.15) is 0 Å². The van der Waals surface area contributed by atoms with E-state index in [9.17, 15) is 10.1 Å². The Hall–Kier alpha value is -2.00. The van der Waals surface area contributed by atoms with Crippen molar-refractivity contribution in [3.05, 3.63) is 56.9 Å². The number of methoxy groups -OCH3 is 1. The second-order valence-electron chi connectivity index (χ2n) is 6.43. The monoisotopic (exact) mass is 408 g/mol. The van der Waals surface area contributed by atoms with Gasteiger partial charge in [-0.1, -0.05) is 23.7 Å². The number of nitrogens with one attached hydrogen (secondary N) is 1. The summed E-state index contributed by atoms with van der Waals surface area (Å²) in [6, 6.07) is 7.56. The number of esters is 1. The lowest BCUT2D eigenvalue weighted by molar-refractivity contribution is -0.143. The quantitative estimate of drug-likeness (QED) is 0.557. The van der Waals surface area contributed by atoms with Crippen LogP contribution >= 0.6 is 23.2 Å². The second kappa shape index (κ2) is 9.27. The van der Waals surface area contributed by atoms with Crippen LogP contribution < -0.4 is 5.32 Å². The van der Waals surface area contributed by atoms with Crippen molar-refractivity contribution in [2.75, 3.05) is 13.7 Å². The fourth-order valence-corrected chi connectivity index (χ4v) is 3.67. The van der Waals surface area contributed by atoms with Crippen molar-refractivity contribution in [2.45, 2.75) is 38.7 Å². The lowest BCUT2D eigenvalue weighted by Crippen LogP contribution is -2.32. The zero-order chi connectivity index (χ0) is 20.1. The number of dihydropyridines is 1. The number of benzene rings is 1. The molecule has 0 bridgehead atoms. The van der Waals surface area contributed by atoms with E-state index in [1.807, 2.05) is 6.07 Å². The van der Waals surface area contributed by atoms with Crippen LogP contribution in [0.5, 0.6) is 0 Å². The Morgan fingerprint density at radius 1 is 1.41 bits per heavy atom. The number of hydrogen-bond donors (Lipinski definition) is 1. The van der Waals surface area contributed by atoms with E-state index < -0.39 is 11.9 Å². The molecule has 7 heteroatoms. The molecule has 27 heavy (non-hydrogen) atoms. The zero-order valence-corrected chi connectivity index (χ0v) is 17.2. The molecule has 2 rings (SSSR count). The Labute approximate surface area is 169 Å². The number of allylic oxidation sites excluding steroid dienone is 2. The van der Waals surface area contributed by atoms with Gasteiger partial charge >= 0.3 is 5.97 Å². The average molecular weight is 409 g/mol. The molecule has 0 saturated heterocycles. The van der Waals surface area contributed by atoms with Crippen molar-refractivity contribution < 1.29 is 14.3 Å². The highest BCUT2D eigenvalue weighted by atomic mass is 35.5. The van der Waals surface area contributed by atoms with Crippen molar-refractivity contribution in [1.82, 2.24) is 5.32 Å². The van der Waals surface area contributed by atoms with Crippen molar-refractivity contribution in [3.8, 4) is 6.07 Å². The molecule has 1 aliphatic rings. The standard InChI is InChI=1S/C20H22Cl2N2O3/c1-11(2)27-20(25)19-16(10-26-4)24-12(3)14(9-23)18(19)17-13(8-21)6-5-7-15(17)22/h5-7,11,18,24H,8,10H2,1-4H3. The van der Waals surface area contributed by atoms with Crippen LogP contribution in [0.3, 0.4) is 0 Å². The van der Waals surface area contributed by atoms with E-state index >= 15 is 0 Å². The summed E-state index contributed by atoms with van der Waals surface area (Å²) in [4.78, 5) is 13.0. The van der Waals surface area contributed by atoms with Crippen LogP contribution in [0.15, 0.2) is 40.7 Å². The third kappa shape index (κ3) is 4.47. The third-order valence-corrected chi connectivity index (χ3v) is 4.81. The van der Waals surface area contributed by atoms with Crippen molar-refractivity contribution in [2.24, 2.45) is 0 Å². The second-order valence-corrected chi connectivity index (χ2v) is 7.11. The number of halogens is 2. The van der Waals surface area contributed by atoms with Gasteiger partial charge in [-0.2, -0.15) is 5.26 Å². The number of carbonyl (C=O) groups is 1. The molecule has 1 unspecified atom stereocenters. The van der Waals surface area contributed by atoms with Gasteiger partial charge in [0.25, 0.3) is 0 Å². The molecule has 5 nitrogen and oxygen atoms in total. The summed E-state index contributed by atoms with van der Waals surface area (Å²) in [7, 11) is 1.54. The lowest BCUT2D eigenvalue weighted by atomic mass is 9.79. The van der Waals surface area contributed by atoms with E-state index in [1.54, 1.807) is 32.9 Å². The highest BCUT2D eigenvalue weighted by Crippen LogP contribution is 2.43. The maximum atomic E-state index is 13.0. The van der Waals surface area contributed by atoms with Gasteiger partial charge in [-0.15, -0.1) is 11.6 Å². The van der Waals surface area contributed by atoms with E-state index in [0.717, 1.165) is 5.56 Å². The predicted octanol–water partition coefficient (Wildman–Crippen LogP) is 4.42. The molecule has 144 valence electrons. The molecule has 0 saturated carbocycles. The Morgan fingerprint density at radius 3 is 2.67 bits per heavy atom. The molecule has 0 fully saturated rings. The number of rotatable bonds is 6. The van der Waals surface area contributed by atoms with Crippen LogP contribution in [0.25, 0.3) is 0 Å². The van der Waals surface area contributed by atoms with E-state index in [2.05, 4.69) is 11.4 Å². The molecular weight excluding hydrogens is 387 g/mol. The van der Waals surface area contributed by atoms with Gasteiger partial charge in [0.2, 0.25) is 0 Å². The van der Waals surface area contributed by atoms with Gasteiger partial charge in [0.15, 0.2) is 0 Å². The van der Waals surface area contributed by atoms with Crippen LogP contribution in [-0.4, -0.2) is 25.8 Å². The summed E-state index contributed by atoms with van der Waals surface area (Å²) < 4.78 is 10.7. The van der Waals surface area contributed by atoms with Crippen LogP contribution in [0.2, 0.25) is 5.02 Å². The molecule has 1 aromatic rings. The average Bonchev–Trinajstić information content (AvgIpc) is 2.60. The van der Waals surface area contributed by atoms with Gasteiger partial charge in [0, 0.05) is 23.7 Å². The van der Waals surface area contributed by atoms with Crippen LogP contribution in [0.1, 0.15) is 37.8 Å². The third-order valence-electron chi connectivity index (χ3n) is 4.19. The molecule has 0 aromatic heterocycles. The van der Waals surface area contributed by atoms with Gasteiger partial charge in [-0.3, -0.25) is 0 Å². The Bertz CT molecular complexity index is 838. The van der Waals surface area contributed by atoms with Gasteiger partial charge in [-0.25, -0.2) is 4.79 Å². The number of nitriles is 1. The summed E-state index contributed by atoms with van der Waals surface area (Å²) in [5.74, 6) is -1.01. The minimum absolute atomic E-state index is 0.162. The normalized spacial score (nSPS) is 17.0. The Kier molecular flexibility index (Phi) is 7.32. The summed E-state index contributed by atoms with van der Waals surface area (Å²) >= 11 is 12.6. The first-order chi connectivity index (χ1) is 12.8. The topological polar surface area (TPSA) is 71.3 Å². The van der Waals surface area contributed by atoms with Crippen molar-refractivity contribution in [1.29, 1.82) is 5.26 Å². The molecule has 0 radical (unpaired) electrons. The molecule has 1 N–H and O–H groups in total. The number of hydrogen-bond acceptors (Lipinski definition) is 5. The first-order valence-electron chi connectivity index (χ1n) is 8.49. The van der Waals surface area contributed by atoms with Gasteiger partial charge < -0.3 is 14.8 Å². The van der Waals surface area contributed by atoms with Crippen LogP contribution in [0, 0.1) is 11.3 Å². The maximum absolute atomic E-state index is 13.0. The van der Waals surface area contributed by atoms with Crippen LogP contribution in [-0.2, 0) is 20.1 Å². The predicted molar refractivity (Wildman–Crippen MR) is 105 cm³/mol. The summed E-state index contributed by atoms with van der Waals surface area (Å²) in [6.45, 7) is 5.48. The molecule has 0 amide bonds. The summed E-state index contributed by atoms with van der Waals surface area (Å²) in [6.07, 6.45) is -0.314. The van der Waals surface area contributed by atoms with E-state index in [4.69, 9.17) is 32.7 Å². The SMILES string of the molecule is COCC1=C(C(=O)OC(C)C)C(c2c(Cl)cccc2CCl)C(C#N)=C(C)N1. The zero-order valence-electron chi connectivity index (χ0n) is 15.7. The smallest absolute Gasteiger partial charge is 0.337 e. The minimum atomic E-state index is -0.685. The number of carbonyl (C=O) groups excluding carboxylic acids is 1. The number of ether oxygens (including phenoxy) is 2. The number of alkyl halides is 1. The fourth-order valence-electron chi connectivity index (χ4n) is 3.13. The van der Waals surface area contributed by atoms with E-state index in [-0.39, 0.29) is 18.6 Å². The Balaban J connectivity index is 2.78. The summed E-state index contributed by atoms with van der Waals surface area (Å²) in [5.41, 5.74) is 3.28. The van der Waals surface area contributed by atoms with E-state index in [1.165, 1.54) is 7.11 Å². The molecule has 0 aliphatic carbocycles. The van der Waals surface area contributed by atoms with Gasteiger partial charge in [0.05, 0.1) is 41.5 Å². The maximum Gasteiger partial charge on any atom is 0.337 e. The Morgan fingerprint density at radius 2 is 2.11 bits per heavy atom. The molecule has 0 spiro atoms.